The lowest BCUT2D eigenvalue weighted by Gasteiger charge is -2.30. The number of aromatic nitrogens is 2. The number of rotatable bonds is 3. The van der Waals surface area contributed by atoms with Crippen molar-refractivity contribution < 1.29 is 14.0 Å². The van der Waals surface area contributed by atoms with Crippen LogP contribution in [0.25, 0.3) is 5.69 Å². The minimum atomic E-state index is -0.456. The first-order chi connectivity index (χ1) is 11.5. The molecule has 0 atom stereocenters. The minimum absolute atomic E-state index is 0.0325. The number of carbonyl (C=O) groups excluding carboxylic acids is 2. The van der Waals surface area contributed by atoms with Crippen LogP contribution in [-0.4, -0.2) is 39.6 Å². The standard InChI is InChI=1S/C17H19FN4O2/c1-12(23)21-9-5-13(6-10-21)17(24)20-14-3-4-16(15(18)11-14)22-8-2-7-19-22/h2-4,7-8,11,13H,5-6,9-10H2,1H3,(H,20,24). The van der Waals surface area contributed by atoms with E-state index in [9.17, 15) is 14.0 Å². The topological polar surface area (TPSA) is 67.2 Å². The fourth-order valence-corrected chi connectivity index (χ4v) is 2.88. The molecule has 1 aromatic carbocycles. The number of nitrogens with zero attached hydrogens (tertiary/aromatic N) is 3. The van der Waals surface area contributed by atoms with Gasteiger partial charge >= 0.3 is 0 Å². The van der Waals surface area contributed by atoms with E-state index < -0.39 is 5.82 Å². The van der Waals surface area contributed by atoms with Gasteiger partial charge in [0.2, 0.25) is 11.8 Å². The summed E-state index contributed by atoms with van der Waals surface area (Å²) in [7, 11) is 0. The van der Waals surface area contributed by atoms with Crippen molar-refractivity contribution in [3.05, 3.63) is 42.5 Å². The number of anilines is 1. The molecule has 1 aliphatic heterocycles. The summed E-state index contributed by atoms with van der Waals surface area (Å²) in [6.07, 6.45) is 4.47. The van der Waals surface area contributed by atoms with Crippen molar-refractivity contribution in [3.63, 3.8) is 0 Å². The molecule has 1 aliphatic rings. The predicted molar refractivity (Wildman–Crippen MR) is 87.1 cm³/mol. The molecule has 0 aliphatic carbocycles. The molecule has 7 heteroatoms. The van der Waals surface area contributed by atoms with E-state index in [1.807, 2.05) is 0 Å². The van der Waals surface area contributed by atoms with Crippen molar-refractivity contribution >= 4 is 17.5 Å². The maximum absolute atomic E-state index is 14.2. The van der Waals surface area contributed by atoms with Crippen molar-refractivity contribution in [1.82, 2.24) is 14.7 Å². The molecule has 24 heavy (non-hydrogen) atoms. The van der Waals surface area contributed by atoms with Gasteiger partial charge in [0.25, 0.3) is 0 Å². The maximum Gasteiger partial charge on any atom is 0.227 e. The third-order valence-corrected chi connectivity index (χ3v) is 4.28. The summed E-state index contributed by atoms with van der Waals surface area (Å²) in [5.74, 6) is -0.716. The smallest absolute Gasteiger partial charge is 0.227 e. The Morgan fingerprint density at radius 1 is 1.29 bits per heavy atom. The number of piperidine rings is 1. The maximum atomic E-state index is 14.2. The number of likely N-dealkylation sites (tertiary alicyclic amines) is 1. The highest BCUT2D eigenvalue weighted by Crippen LogP contribution is 2.22. The van der Waals surface area contributed by atoms with E-state index in [-0.39, 0.29) is 17.7 Å². The summed E-state index contributed by atoms with van der Waals surface area (Å²) in [5.41, 5.74) is 0.746. The van der Waals surface area contributed by atoms with Crippen LogP contribution in [0.5, 0.6) is 0 Å². The first-order valence-electron chi connectivity index (χ1n) is 7.90. The van der Waals surface area contributed by atoms with Crippen molar-refractivity contribution in [2.45, 2.75) is 19.8 Å². The van der Waals surface area contributed by atoms with E-state index in [1.54, 1.807) is 35.5 Å². The van der Waals surface area contributed by atoms with E-state index in [0.29, 0.717) is 37.3 Å². The van der Waals surface area contributed by atoms with E-state index in [1.165, 1.54) is 17.7 Å². The van der Waals surface area contributed by atoms with Crippen LogP contribution >= 0.6 is 0 Å². The fourth-order valence-electron chi connectivity index (χ4n) is 2.88. The van der Waals surface area contributed by atoms with Gasteiger partial charge in [-0.2, -0.15) is 5.10 Å². The predicted octanol–water partition coefficient (Wildman–Crippen LogP) is 2.21. The Labute approximate surface area is 139 Å². The van der Waals surface area contributed by atoms with Crippen molar-refractivity contribution in [2.24, 2.45) is 5.92 Å². The molecule has 6 nitrogen and oxygen atoms in total. The summed E-state index contributed by atoms with van der Waals surface area (Å²) in [4.78, 5) is 25.4. The van der Waals surface area contributed by atoms with E-state index >= 15 is 0 Å². The molecule has 2 aromatic rings. The number of amides is 2. The summed E-state index contributed by atoms with van der Waals surface area (Å²) < 4.78 is 15.6. The van der Waals surface area contributed by atoms with Gasteiger partial charge in [-0.1, -0.05) is 0 Å². The zero-order valence-corrected chi connectivity index (χ0v) is 13.4. The molecular formula is C17H19FN4O2. The van der Waals surface area contributed by atoms with Crippen LogP contribution in [0.4, 0.5) is 10.1 Å². The SMILES string of the molecule is CC(=O)N1CCC(C(=O)Nc2ccc(-n3cccn3)c(F)c2)CC1. The first-order valence-corrected chi connectivity index (χ1v) is 7.90. The second-order valence-electron chi connectivity index (χ2n) is 5.89. The van der Waals surface area contributed by atoms with Gasteiger partial charge in [-0.05, 0) is 37.1 Å². The number of nitrogens with one attached hydrogen (secondary N) is 1. The quantitative estimate of drug-likeness (QED) is 0.938. The molecule has 0 spiro atoms. The Balaban J connectivity index is 1.63. The fraction of sp³-hybridized carbons (Fsp3) is 0.353. The molecule has 2 heterocycles. The van der Waals surface area contributed by atoms with Crippen molar-refractivity contribution in [1.29, 1.82) is 0 Å². The average molecular weight is 330 g/mol. The first kappa shape index (κ1) is 16.2. The van der Waals surface area contributed by atoms with Crippen LogP contribution < -0.4 is 5.32 Å². The normalized spacial score (nSPS) is 15.3. The van der Waals surface area contributed by atoms with Crippen LogP contribution in [0.3, 0.4) is 0 Å². The van der Waals surface area contributed by atoms with Gasteiger partial charge in [0, 0.05) is 44.0 Å². The lowest BCUT2D eigenvalue weighted by Crippen LogP contribution is -2.40. The Hall–Kier alpha value is -2.70. The second kappa shape index (κ2) is 6.82. The molecule has 1 saturated heterocycles. The van der Waals surface area contributed by atoms with Gasteiger partial charge in [-0.25, -0.2) is 9.07 Å². The van der Waals surface area contributed by atoms with Gasteiger partial charge in [-0.15, -0.1) is 0 Å². The van der Waals surface area contributed by atoms with Crippen molar-refractivity contribution in [3.8, 4) is 5.69 Å². The Morgan fingerprint density at radius 2 is 2.04 bits per heavy atom. The molecule has 0 unspecified atom stereocenters. The molecule has 126 valence electrons. The molecule has 3 rings (SSSR count). The van der Waals surface area contributed by atoms with Gasteiger partial charge in [0.15, 0.2) is 5.82 Å². The number of halogens is 1. The molecule has 2 amide bonds. The molecule has 1 fully saturated rings. The van der Waals surface area contributed by atoms with Crippen molar-refractivity contribution in [2.75, 3.05) is 18.4 Å². The number of hydrogen-bond donors (Lipinski definition) is 1. The number of carbonyl (C=O) groups is 2. The van der Waals surface area contributed by atoms with Crippen LogP contribution in [0.15, 0.2) is 36.7 Å². The van der Waals surface area contributed by atoms with Gasteiger partial charge < -0.3 is 10.2 Å². The Morgan fingerprint density at radius 3 is 2.62 bits per heavy atom. The summed E-state index contributed by atoms with van der Waals surface area (Å²) in [6, 6.07) is 6.24. The Kier molecular flexibility index (Phi) is 4.59. The number of hydrogen-bond acceptors (Lipinski definition) is 3. The second-order valence-corrected chi connectivity index (χ2v) is 5.89. The van der Waals surface area contributed by atoms with Crippen LogP contribution in [0, 0.1) is 11.7 Å². The van der Waals surface area contributed by atoms with E-state index in [4.69, 9.17) is 0 Å². The lowest BCUT2D eigenvalue weighted by molar-refractivity contribution is -0.132. The van der Waals surface area contributed by atoms with Gasteiger partial charge in [0.1, 0.15) is 5.69 Å². The Bertz CT molecular complexity index is 737. The molecule has 1 aromatic heterocycles. The third-order valence-electron chi connectivity index (χ3n) is 4.28. The van der Waals surface area contributed by atoms with Crippen LogP contribution in [0.2, 0.25) is 0 Å². The molecule has 1 N–H and O–H groups in total. The highest BCUT2D eigenvalue weighted by molar-refractivity contribution is 5.92. The van der Waals surface area contributed by atoms with E-state index in [2.05, 4.69) is 10.4 Å². The third kappa shape index (κ3) is 3.45. The molecular weight excluding hydrogens is 311 g/mol. The highest BCUT2D eigenvalue weighted by atomic mass is 19.1. The zero-order valence-electron chi connectivity index (χ0n) is 13.4. The van der Waals surface area contributed by atoms with Crippen LogP contribution in [-0.2, 0) is 9.59 Å². The number of benzene rings is 1. The molecule has 0 bridgehead atoms. The molecule has 0 saturated carbocycles. The highest BCUT2D eigenvalue weighted by Gasteiger charge is 2.26. The largest absolute Gasteiger partial charge is 0.343 e. The zero-order chi connectivity index (χ0) is 17.1. The van der Waals surface area contributed by atoms with E-state index in [0.717, 1.165) is 0 Å². The lowest BCUT2D eigenvalue weighted by atomic mass is 9.96. The summed E-state index contributed by atoms with van der Waals surface area (Å²) >= 11 is 0. The monoisotopic (exact) mass is 330 g/mol. The van der Waals surface area contributed by atoms with Crippen LogP contribution in [0.1, 0.15) is 19.8 Å². The summed E-state index contributed by atoms with van der Waals surface area (Å²) in [5, 5.41) is 6.75. The average Bonchev–Trinajstić information content (AvgIpc) is 3.09. The van der Waals surface area contributed by atoms with Gasteiger partial charge in [-0.3, -0.25) is 9.59 Å². The minimum Gasteiger partial charge on any atom is -0.343 e. The van der Waals surface area contributed by atoms with Gasteiger partial charge in [0.05, 0.1) is 0 Å². The molecule has 0 radical (unpaired) electrons. The summed E-state index contributed by atoms with van der Waals surface area (Å²) in [6.45, 7) is 2.70.